The zero-order valence-corrected chi connectivity index (χ0v) is 18.3. The van der Waals surface area contributed by atoms with Crippen molar-refractivity contribution in [2.24, 2.45) is 5.92 Å². The number of hydrogen-bond acceptors (Lipinski definition) is 5. The Morgan fingerprint density at radius 2 is 2.07 bits per heavy atom. The Labute approximate surface area is 173 Å². The van der Waals surface area contributed by atoms with E-state index < -0.39 is 11.0 Å². The van der Waals surface area contributed by atoms with Crippen molar-refractivity contribution in [3.8, 4) is 17.0 Å². The first kappa shape index (κ1) is 19.9. The van der Waals surface area contributed by atoms with Crippen LogP contribution in [-0.4, -0.2) is 35.1 Å². The largest absolute Gasteiger partial charge is 0.497 e. The van der Waals surface area contributed by atoms with Gasteiger partial charge in [-0.15, -0.1) is 11.3 Å². The first-order chi connectivity index (χ1) is 13.6. The Hall–Kier alpha value is -1.44. The third-order valence-corrected chi connectivity index (χ3v) is 7.48. The quantitative estimate of drug-likeness (QED) is 0.738. The maximum atomic E-state index is 11.2. The first-order valence-corrected chi connectivity index (χ1v) is 12.5. The molecule has 0 radical (unpaired) electrons. The zero-order chi connectivity index (χ0) is 19.5. The molecule has 2 N–H and O–H groups in total. The van der Waals surface area contributed by atoms with Crippen molar-refractivity contribution >= 4 is 27.5 Å². The lowest BCUT2D eigenvalue weighted by Gasteiger charge is -2.28. The highest BCUT2D eigenvalue weighted by Gasteiger charge is 2.24. The number of aromatic nitrogens is 1. The van der Waals surface area contributed by atoms with Gasteiger partial charge in [0.05, 0.1) is 23.8 Å². The van der Waals surface area contributed by atoms with Gasteiger partial charge in [0.15, 0.2) is 5.13 Å². The fraction of sp³-hybridized carbons (Fsp3) is 0.571. The molecule has 0 saturated heterocycles. The number of aryl methyl sites for hydroxylation is 2. The van der Waals surface area contributed by atoms with E-state index in [9.17, 15) is 4.21 Å². The topological polar surface area (TPSA) is 63.2 Å². The first-order valence-electron chi connectivity index (χ1n) is 10.1. The Kier molecular flexibility index (Phi) is 6.33. The molecule has 1 atom stereocenters. The van der Waals surface area contributed by atoms with E-state index in [4.69, 9.17) is 9.72 Å². The Bertz CT molecular complexity index is 844. The number of nitrogens with one attached hydrogen (secondary N) is 2. The summed E-state index contributed by atoms with van der Waals surface area (Å²) < 4.78 is 19.7. The fourth-order valence-electron chi connectivity index (χ4n) is 4.29. The molecule has 1 aromatic heterocycles. The SMILES string of the molecule is COc1ccc2c(c1)CCCc1sc(NC3CCC(CNS(C)=O)CC3)nc1-2. The molecule has 1 aromatic carbocycles. The summed E-state index contributed by atoms with van der Waals surface area (Å²) in [6, 6.07) is 6.86. The lowest BCUT2D eigenvalue weighted by molar-refractivity contribution is 0.339. The van der Waals surface area contributed by atoms with Crippen LogP contribution in [0.15, 0.2) is 18.2 Å². The molecule has 0 aliphatic heterocycles. The van der Waals surface area contributed by atoms with Crippen LogP contribution in [0.25, 0.3) is 11.3 Å². The lowest BCUT2D eigenvalue weighted by Crippen LogP contribution is -2.31. The van der Waals surface area contributed by atoms with Crippen LogP contribution in [0.3, 0.4) is 0 Å². The number of ether oxygens (including phenoxy) is 1. The maximum absolute atomic E-state index is 11.2. The third kappa shape index (κ3) is 4.58. The van der Waals surface area contributed by atoms with Crippen LogP contribution in [0.1, 0.15) is 42.5 Å². The van der Waals surface area contributed by atoms with E-state index in [-0.39, 0.29) is 0 Å². The molecule has 1 saturated carbocycles. The van der Waals surface area contributed by atoms with Crippen LogP contribution in [0.5, 0.6) is 5.75 Å². The van der Waals surface area contributed by atoms with Crippen LogP contribution in [0, 0.1) is 5.92 Å². The smallest absolute Gasteiger partial charge is 0.183 e. The van der Waals surface area contributed by atoms with Crippen molar-refractivity contribution in [3.63, 3.8) is 0 Å². The van der Waals surface area contributed by atoms with Crippen molar-refractivity contribution in [2.75, 3.05) is 25.2 Å². The summed E-state index contributed by atoms with van der Waals surface area (Å²) in [5.74, 6) is 1.56. The van der Waals surface area contributed by atoms with Gasteiger partial charge < -0.3 is 10.1 Å². The monoisotopic (exact) mass is 419 g/mol. The highest BCUT2D eigenvalue weighted by atomic mass is 32.2. The summed E-state index contributed by atoms with van der Waals surface area (Å²) in [4.78, 5) is 6.39. The molecule has 5 nitrogen and oxygen atoms in total. The van der Waals surface area contributed by atoms with Crippen LogP contribution >= 0.6 is 11.3 Å². The van der Waals surface area contributed by atoms with Gasteiger partial charge in [-0.3, -0.25) is 0 Å². The molecule has 7 heteroatoms. The summed E-state index contributed by atoms with van der Waals surface area (Å²) in [6.07, 6.45) is 9.70. The highest BCUT2D eigenvalue weighted by Crippen LogP contribution is 2.39. The number of fused-ring (bicyclic) bond motifs is 3. The molecule has 2 aromatic rings. The van der Waals surface area contributed by atoms with E-state index in [1.807, 2.05) is 17.4 Å². The summed E-state index contributed by atoms with van der Waals surface area (Å²) in [7, 11) is 0.816. The molecule has 0 bridgehead atoms. The Balaban J connectivity index is 1.42. The number of anilines is 1. The maximum Gasteiger partial charge on any atom is 0.183 e. The van der Waals surface area contributed by atoms with Crippen molar-refractivity contribution in [3.05, 3.63) is 28.6 Å². The minimum atomic E-state index is -0.907. The second-order valence-corrected chi connectivity index (χ2v) is 10.1. The second-order valence-electron chi connectivity index (χ2n) is 7.83. The number of hydrogen-bond donors (Lipinski definition) is 2. The minimum Gasteiger partial charge on any atom is -0.497 e. The molecule has 2 aliphatic carbocycles. The molecule has 0 amide bonds. The second kappa shape index (κ2) is 8.93. The Morgan fingerprint density at radius 3 is 2.82 bits per heavy atom. The molecule has 1 fully saturated rings. The number of benzene rings is 1. The van der Waals surface area contributed by atoms with E-state index in [1.165, 1.54) is 28.8 Å². The van der Waals surface area contributed by atoms with Gasteiger partial charge >= 0.3 is 0 Å². The van der Waals surface area contributed by atoms with Crippen LogP contribution in [-0.2, 0) is 23.8 Å². The predicted molar refractivity (Wildman–Crippen MR) is 118 cm³/mol. The molecular formula is C21H29N3O2S2. The van der Waals surface area contributed by atoms with Crippen molar-refractivity contribution in [1.29, 1.82) is 0 Å². The van der Waals surface area contributed by atoms with Crippen molar-refractivity contribution in [1.82, 2.24) is 9.71 Å². The number of nitrogens with zero attached hydrogens (tertiary/aromatic N) is 1. The molecule has 152 valence electrons. The normalized spacial score (nSPS) is 22.6. The zero-order valence-electron chi connectivity index (χ0n) is 16.6. The molecule has 28 heavy (non-hydrogen) atoms. The fourth-order valence-corrected chi connectivity index (χ4v) is 5.85. The molecule has 0 spiro atoms. The van der Waals surface area contributed by atoms with Crippen molar-refractivity contribution < 1.29 is 8.95 Å². The van der Waals surface area contributed by atoms with E-state index in [0.717, 1.165) is 55.2 Å². The van der Waals surface area contributed by atoms with Gasteiger partial charge in [-0.25, -0.2) is 13.9 Å². The van der Waals surface area contributed by atoms with E-state index in [2.05, 4.69) is 22.2 Å². The number of methoxy groups -OCH3 is 1. The molecule has 1 heterocycles. The molecule has 4 rings (SSSR count). The van der Waals surface area contributed by atoms with Crippen LogP contribution in [0.4, 0.5) is 5.13 Å². The van der Waals surface area contributed by atoms with Gasteiger partial charge in [0.2, 0.25) is 0 Å². The Morgan fingerprint density at radius 1 is 1.25 bits per heavy atom. The summed E-state index contributed by atoms with van der Waals surface area (Å²) in [5.41, 5.74) is 3.77. The van der Waals surface area contributed by atoms with Crippen LogP contribution in [0.2, 0.25) is 0 Å². The number of rotatable bonds is 6. The molecule has 2 aliphatic rings. The third-order valence-electron chi connectivity index (χ3n) is 5.86. The molecule has 1 unspecified atom stereocenters. The van der Waals surface area contributed by atoms with Gasteiger partial charge in [-0.05, 0) is 74.6 Å². The van der Waals surface area contributed by atoms with Gasteiger partial charge in [0.1, 0.15) is 5.75 Å². The van der Waals surface area contributed by atoms with Gasteiger partial charge in [0.25, 0.3) is 0 Å². The van der Waals surface area contributed by atoms with E-state index >= 15 is 0 Å². The molecular weight excluding hydrogens is 390 g/mol. The number of thiazole rings is 1. The van der Waals surface area contributed by atoms with Crippen LogP contribution < -0.4 is 14.8 Å². The highest BCUT2D eigenvalue weighted by molar-refractivity contribution is 7.82. The standard InChI is InChI=1S/C21H29N3O2S2/c1-26-17-10-11-18-15(12-17)4-3-5-19-20(18)24-21(27-19)23-16-8-6-14(7-9-16)13-22-28(2)25/h10-12,14,16,22H,3-9,13H2,1-2H3,(H,23,24). The lowest BCUT2D eigenvalue weighted by atomic mass is 9.86. The van der Waals surface area contributed by atoms with E-state index in [0.29, 0.717) is 12.0 Å². The summed E-state index contributed by atoms with van der Waals surface area (Å²) >= 11 is 1.82. The average Bonchev–Trinajstić information content (AvgIpc) is 3.01. The van der Waals surface area contributed by atoms with Gasteiger partial charge in [0, 0.05) is 29.3 Å². The van der Waals surface area contributed by atoms with Gasteiger partial charge in [-0.2, -0.15) is 0 Å². The minimum absolute atomic E-state index is 0.494. The van der Waals surface area contributed by atoms with Gasteiger partial charge in [-0.1, -0.05) is 0 Å². The average molecular weight is 420 g/mol. The summed E-state index contributed by atoms with van der Waals surface area (Å²) in [5, 5.41) is 4.76. The predicted octanol–water partition coefficient (Wildman–Crippen LogP) is 4.16. The summed E-state index contributed by atoms with van der Waals surface area (Å²) in [6.45, 7) is 0.863. The van der Waals surface area contributed by atoms with Crippen molar-refractivity contribution in [2.45, 2.75) is 51.0 Å². The van der Waals surface area contributed by atoms with E-state index in [1.54, 1.807) is 13.4 Å².